The topological polar surface area (TPSA) is 83.2 Å². The summed E-state index contributed by atoms with van der Waals surface area (Å²) in [5.41, 5.74) is 1.50. The van der Waals surface area contributed by atoms with Crippen molar-refractivity contribution in [1.82, 2.24) is 9.80 Å². The summed E-state index contributed by atoms with van der Waals surface area (Å²) in [5, 5.41) is 11.5. The Morgan fingerprint density at radius 3 is 2.65 bits per heavy atom. The lowest BCUT2D eigenvalue weighted by atomic mass is 9.94. The standard InChI is InChI=1S/C26H25FN2O5/c1-16-6-7-20-17(14-16)15-21(34-20)24(30)22-23(18-4-2-3-5-19(18)27)29(26(32)25(22)31)9-8-28-10-12-33-13-11-28/h2-7,14-15,23,31H,8-13H2,1H3. The minimum Gasteiger partial charge on any atom is -0.503 e. The van der Waals surface area contributed by atoms with Gasteiger partial charge < -0.3 is 19.2 Å². The Morgan fingerprint density at radius 1 is 1.12 bits per heavy atom. The average Bonchev–Trinajstić information content (AvgIpc) is 3.37. The number of aliphatic hydroxyl groups excluding tert-OH is 1. The van der Waals surface area contributed by atoms with Gasteiger partial charge in [0, 0.05) is 37.1 Å². The molecule has 34 heavy (non-hydrogen) atoms. The lowest BCUT2D eigenvalue weighted by molar-refractivity contribution is -0.129. The number of rotatable bonds is 6. The number of benzene rings is 2. The largest absolute Gasteiger partial charge is 0.503 e. The lowest BCUT2D eigenvalue weighted by Gasteiger charge is -2.31. The number of halogens is 1. The Balaban J connectivity index is 1.52. The molecule has 0 bridgehead atoms. The Hall–Kier alpha value is -3.49. The van der Waals surface area contributed by atoms with Crippen molar-refractivity contribution in [2.75, 3.05) is 39.4 Å². The van der Waals surface area contributed by atoms with Crippen LogP contribution in [-0.2, 0) is 9.53 Å². The molecule has 5 rings (SSSR count). The first-order valence-electron chi connectivity index (χ1n) is 11.3. The van der Waals surface area contributed by atoms with Crippen LogP contribution in [0.5, 0.6) is 0 Å². The van der Waals surface area contributed by atoms with E-state index in [2.05, 4.69) is 4.90 Å². The van der Waals surface area contributed by atoms with E-state index < -0.39 is 29.3 Å². The van der Waals surface area contributed by atoms with Crippen LogP contribution in [0.4, 0.5) is 4.39 Å². The number of hydrogen-bond acceptors (Lipinski definition) is 6. The molecule has 0 spiro atoms. The van der Waals surface area contributed by atoms with Gasteiger partial charge in [-0.05, 0) is 31.2 Å². The maximum atomic E-state index is 14.9. The summed E-state index contributed by atoms with van der Waals surface area (Å²) in [6.07, 6.45) is 0. The minimum atomic E-state index is -1.06. The molecule has 1 saturated heterocycles. The summed E-state index contributed by atoms with van der Waals surface area (Å²) in [6.45, 7) is 5.30. The number of ether oxygens (including phenoxy) is 1. The van der Waals surface area contributed by atoms with Crippen molar-refractivity contribution in [2.45, 2.75) is 13.0 Å². The normalized spacial score (nSPS) is 19.4. The van der Waals surface area contributed by atoms with Crippen molar-refractivity contribution < 1.29 is 28.2 Å². The van der Waals surface area contributed by atoms with Crippen LogP contribution in [0.2, 0.25) is 0 Å². The number of Topliss-reactive ketones (excluding diaryl/α,β-unsaturated/α-hetero) is 1. The minimum absolute atomic E-state index is 0.00804. The quantitative estimate of drug-likeness (QED) is 0.559. The molecule has 3 heterocycles. The highest BCUT2D eigenvalue weighted by molar-refractivity contribution is 6.16. The van der Waals surface area contributed by atoms with Crippen LogP contribution in [0.15, 0.2) is 64.3 Å². The first kappa shape index (κ1) is 22.3. The van der Waals surface area contributed by atoms with E-state index in [9.17, 15) is 19.1 Å². The Bertz CT molecular complexity index is 1290. The van der Waals surface area contributed by atoms with Gasteiger partial charge >= 0.3 is 0 Å². The summed E-state index contributed by atoms with van der Waals surface area (Å²) >= 11 is 0. The van der Waals surface area contributed by atoms with Gasteiger partial charge in [-0.2, -0.15) is 0 Å². The van der Waals surface area contributed by atoms with E-state index in [1.807, 2.05) is 19.1 Å². The predicted octanol–water partition coefficient (Wildman–Crippen LogP) is 3.79. The smallest absolute Gasteiger partial charge is 0.290 e. The van der Waals surface area contributed by atoms with Gasteiger partial charge in [-0.25, -0.2) is 4.39 Å². The predicted molar refractivity (Wildman–Crippen MR) is 123 cm³/mol. The summed E-state index contributed by atoms with van der Waals surface area (Å²) in [6, 6.07) is 12.0. The summed E-state index contributed by atoms with van der Waals surface area (Å²) < 4.78 is 26.0. The molecule has 2 aromatic carbocycles. The van der Waals surface area contributed by atoms with Crippen molar-refractivity contribution >= 4 is 22.7 Å². The summed E-state index contributed by atoms with van der Waals surface area (Å²) in [7, 11) is 0. The fourth-order valence-corrected chi connectivity index (χ4v) is 4.62. The van der Waals surface area contributed by atoms with Gasteiger partial charge in [-0.3, -0.25) is 14.5 Å². The molecule has 176 valence electrons. The lowest BCUT2D eigenvalue weighted by Crippen LogP contribution is -2.43. The second kappa shape index (κ2) is 9.04. The van der Waals surface area contributed by atoms with E-state index in [0.717, 1.165) is 24.0 Å². The zero-order chi connectivity index (χ0) is 23.8. The SMILES string of the molecule is Cc1ccc2oc(C(=O)C3=C(O)C(=O)N(CCN4CCOCC4)C3c3ccccc3F)cc2c1. The van der Waals surface area contributed by atoms with Crippen LogP contribution in [0.25, 0.3) is 11.0 Å². The van der Waals surface area contributed by atoms with Gasteiger partial charge in [0.2, 0.25) is 5.78 Å². The van der Waals surface area contributed by atoms with E-state index in [0.29, 0.717) is 25.3 Å². The molecule has 1 atom stereocenters. The fraction of sp³-hybridized carbons (Fsp3) is 0.308. The van der Waals surface area contributed by atoms with Gasteiger partial charge in [0.15, 0.2) is 11.5 Å². The van der Waals surface area contributed by atoms with Gasteiger partial charge in [-0.15, -0.1) is 0 Å². The van der Waals surface area contributed by atoms with Crippen LogP contribution < -0.4 is 0 Å². The second-order valence-electron chi connectivity index (χ2n) is 8.62. The van der Waals surface area contributed by atoms with Crippen LogP contribution in [0.3, 0.4) is 0 Å². The third-order valence-electron chi connectivity index (χ3n) is 6.40. The molecule has 7 nitrogen and oxygen atoms in total. The van der Waals surface area contributed by atoms with Crippen LogP contribution in [0.1, 0.15) is 27.7 Å². The van der Waals surface area contributed by atoms with Gasteiger partial charge in [0.25, 0.3) is 5.91 Å². The van der Waals surface area contributed by atoms with Crippen molar-refractivity contribution in [2.24, 2.45) is 0 Å². The Morgan fingerprint density at radius 2 is 1.88 bits per heavy atom. The summed E-state index contributed by atoms with van der Waals surface area (Å²) in [5.74, 6) is -2.57. The molecule has 1 unspecified atom stereocenters. The molecular formula is C26H25FN2O5. The number of aliphatic hydroxyl groups is 1. The highest BCUT2D eigenvalue weighted by Crippen LogP contribution is 2.40. The number of carbonyl (C=O) groups excluding carboxylic acids is 2. The number of hydrogen-bond donors (Lipinski definition) is 1. The van der Waals surface area contributed by atoms with Crippen LogP contribution in [-0.4, -0.2) is 66.0 Å². The highest BCUT2D eigenvalue weighted by Gasteiger charge is 2.45. The molecular weight excluding hydrogens is 439 g/mol. The fourth-order valence-electron chi connectivity index (χ4n) is 4.62. The molecule has 2 aliphatic rings. The van der Waals surface area contributed by atoms with E-state index in [1.54, 1.807) is 24.3 Å². The Labute approximate surface area is 196 Å². The molecule has 1 fully saturated rings. The van der Waals surface area contributed by atoms with Crippen molar-refractivity contribution in [3.05, 3.63) is 82.6 Å². The number of aryl methyl sites for hydroxylation is 1. The zero-order valence-electron chi connectivity index (χ0n) is 18.8. The summed E-state index contributed by atoms with van der Waals surface area (Å²) in [4.78, 5) is 30.2. The number of carbonyl (C=O) groups is 2. The van der Waals surface area contributed by atoms with Gasteiger partial charge in [-0.1, -0.05) is 29.8 Å². The maximum Gasteiger partial charge on any atom is 0.290 e. The van der Waals surface area contributed by atoms with Gasteiger partial charge in [0.05, 0.1) is 24.8 Å². The van der Waals surface area contributed by atoms with Crippen LogP contribution >= 0.6 is 0 Å². The number of amides is 1. The maximum absolute atomic E-state index is 14.9. The number of fused-ring (bicyclic) bond motifs is 1. The number of morpholine rings is 1. The Kier molecular flexibility index (Phi) is 5.93. The third kappa shape index (κ3) is 3.99. The first-order valence-corrected chi connectivity index (χ1v) is 11.3. The molecule has 1 N–H and O–H groups in total. The third-order valence-corrected chi connectivity index (χ3v) is 6.40. The molecule has 1 aromatic heterocycles. The number of furan rings is 1. The molecule has 0 radical (unpaired) electrons. The van der Waals surface area contributed by atoms with E-state index in [-0.39, 0.29) is 23.4 Å². The first-order chi connectivity index (χ1) is 16.4. The highest BCUT2D eigenvalue weighted by atomic mass is 19.1. The van der Waals surface area contributed by atoms with E-state index in [1.165, 1.54) is 17.0 Å². The molecule has 0 aliphatic carbocycles. The number of ketones is 1. The number of nitrogens with zero attached hydrogens (tertiary/aromatic N) is 2. The van der Waals surface area contributed by atoms with Crippen molar-refractivity contribution in [3.8, 4) is 0 Å². The van der Waals surface area contributed by atoms with Gasteiger partial charge in [0.1, 0.15) is 11.4 Å². The van der Waals surface area contributed by atoms with E-state index in [4.69, 9.17) is 9.15 Å². The molecule has 1 amide bonds. The zero-order valence-corrected chi connectivity index (χ0v) is 18.8. The molecule has 2 aliphatic heterocycles. The van der Waals surface area contributed by atoms with Crippen molar-refractivity contribution in [3.63, 3.8) is 0 Å². The van der Waals surface area contributed by atoms with Crippen LogP contribution in [0, 0.1) is 12.7 Å². The monoisotopic (exact) mass is 464 g/mol. The van der Waals surface area contributed by atoms with Crippen molar-refractivity contribution in [1.29, 1.82) is 0 Å². The molecule has 8 heteroatoms. The molecule has 0 saturated carbocycles. The van der Waals surface area contributed by atoms with E-state index >= 15 is 0 Å². The molecule has 3 aromatic rings. The second-order valence-corrected chi connectivity index (χ2v) is 8.62. The average molecular weight is 464 g/mol.